The Kier molecular flexibility index (Phi) is 4.21. The summed E-state index contributed by atoms with van der Waals surface area (Å²) in [6.45, 7) is 0.743. The highest BCUT2D eigenvalue weighted by molar-refractivity contribution is 5.76. The molecule has 25 heavy (non-hydrogen) atoms. The maximum atomic E-state index is 5.53. The monoisotopic (exact) mass is 328 g/mol. The molecule has 0 aliphatic carbocycles. The summed E-state index contributed by atoms with van der Waals surface area (Å²) in [5.41, 5.74) is 4.60. The molecule has 3 nitrogen and oxygen atoms in total. The lowest BCUT2D eigenvalue weighted by Gasteiger charge is -2.12. The molecule has 3 heteroatoms. The first-order valence-corrected chi connectivity index (χ1v) is 8.45. The molecule has 4 rings (SSSR count). The summed E-state index contributed by atoms with van der Waals surface area (Å²) in [4.78, 5) is 4.88. The van der Waals surface area contributed by atoms with Gasteiger partial charge in [-0.15, -0.1) is 0 Å². The number of ether oxygens (including phenoxy) is 1. The average molecular weight is 328 g/mol. The quantitative estimate of drug-likeness (QED) is 0.532. The van der Waals surface area contributed by atoms with Gasteiger partial charge in [0, 0.05) is 12.0 Å². The molecule has 0 bridgehead atoms. The fourth-order valence-corrected chi connectivity index (χ4v) is 3.22. The van der Waals surface area contributed by atoms with Gasteiger partial charge in [-0.2, -0.15) is 0 Å². The van der Waals surface area contributed by atoms with Crippen molar-refractivity contribution in [3.8, 4) is 5.75 Å². The largest absolute Gasteiger partial charge is 0.496 e. The first-order valence-electron chi connectivity index (χ1n) is 8.45. The van der Waals surface area contributed by atoms with Crippen LogP contribution in [0.3, 0.4) is 0 Å². The lowest BCUT2D eigenvalue weighted by atomic mass is 10.1. The van der Waals surface area contributed by atoms with Crippen molar-refractivity contribution in [2.24, 2.45) is 0 Å². The van der Waals surface area contributed by atoms with Crippen LogP contribution in [0.4, 0.5) is 0 Å². The Morgan fingerprint density at radius 3 is 2.40 bits per heavy atom. The summed E-state index contributed by atoms with van der Waals surface area (Å²) in [5, 5.41) is 0. The van der Waals surface area contributed by atoms with Crippen LogP contribution in [-0.4, -0.2) is 16.7 Å². The van der Waals surface area contributed by atoms with E-state index in [1.54, 1.807) is 7.11 Å². The molecule has 0 saturated heterocycles. The highest BCUT2D eigenvalue weighted by Crippen LogP contribution is 2.24. The van der Waals surface area contributed by atoms with E-state index in [0.29, 0.717) is 0 Å². The van der Waals surface area contributed by atoms with Crippen molar-refractivity contribution in [2.75, 3.05) is 7.11 Å². The minimum atomic E-state index is 0.743. The first kappa shape index (κ1) is 15.5. The van der Waals surface area contributed by atoms with Crippen molar-refractivity contribution in [2.45, 2.75) is 13.0 Å². The van der Waals surface area contributed by atoms with Gasteiger partial charge < -0.3 is 9.30 Å². The fraction of sp³-hybridized carbons (Fsp3) is 0.136. The van der Waals surface area contributed by atoms with E-state index in [9.17, 15) is 0 Å². The van der Waals surface area contributed by atoms with Gasteiger partial charge >= 0.3 is 0 Å². The summed E-state index contributed by atoms with van der Waals surface area (Å²) in [7, 11) is 1.72. The Morgan fingerprint density at radius 1 is 0.840 bits per heavy atom. The third-order valence-corrected chi connectivity index (χ3v) is 4.46. The second kappa shape index (κ2) is 6.81. The number of methoxy groups -OCH3 is 1. The Morgan fingerprint density at radius 2 is 1.56 bits per heavy atom. The molecule has 0 saturated carbocycles. The molecule has 4 aromatic rings. The van der Waals surface area contributed by atoms with Crippen LogP contribution in [0.5, 0.6) is 5.75 Å². The van der Waals surface area contributed by atoms with Crippen LogP contribution in [0.2, 0.25) is 0 Å². The molecular formula is C22H20N2O. The summed E-state index contributed by atoms with van der Waals surface area (Å²) < 4.78 is 7.82. The van der Waals surface area contributed by atoms with Crippen LogP contribution in [0.25, 0.3) is 11.0 Å². The Hall–Kier alpha value is -3.07. The van der Waals surface area contributed by atoms with Gasteiger partial charge in [0.1, 0.15) is 11.6 Å². The molecule has 3 aromatic carbocycles. The molecule has 1 heterocycles. The zero-order valence-electron chi connectivity index (χ0n) is 14.2. The van der Waals surface area contributed by atoms with Gasteiger partial charge in [-0.1, -0.05) is 60.7 Å². The number of rotatable bonds is 5. The summed E-state index contributed by atoms with van der Waals surface area (Å²) in [6.07, 6.45) is 0.810. The van der Waals surface area contributed by atoms with Gasteiger partial charge in [-0.25, -0.2) is 4.98 Å². The number of aromatic nitrogens is 2. The van der Waals surface area contributed by atoms with Crippen molar-refractivity contribution >= 4 is 11.0 Å². The molecule has 0 N–H and O–H groups in total. The second-order valence-electron chi connectivity index (χ2n) is 6.08. The van der Waals surface area contributed by atoms with E-state index < -0.39 is 0 Å². The summed E-state index contributed by atoms with van der Waals surface area (Å²) in [6, 6.07) is 26.9. The molecule has 0 aliphatic heterocycles. The van der Waals surface area contributed by atoms with Gasteiger partial charge in [0.2, 0.25) is 0 Å². The number of benzene rings is 3. The summed E-state index contributed by atoms with van der Waals surface area (Å²) in [5.74, 6) is 1.98. The van der Waals surface area contributed by atoms with Crippen LogP contribution >= 0.6 is 0 Å². The van der Waals surface area contributed by atoms with Crippen LogP contribution in [0.1, 0.15) is 17.0 Å². The van der Waals surface area contributed by atoms with E-state index in [-0.39, 0.29) is 0 Å². The van der Waals surface area contributed by atoms with Crippen molar-refractivity contribution in [1.82, 2.24) is 9.55 Å². The lowest BCUT2D eigenvalue weighted by molar-refractivity contribution is 0.408. The Labute approximate surface area is 147 Å². The lowest BCUT2D eigenvalue weighted by Crippen LogP contribution is -2.07. The predicted octanol–water partition coefficient (Wildman–Crippen LogP) is 4.68. The first-order chi connectivity index (χ1) is 12.3. The topological polar surface area (TPSA) is 27.1 Å². The van der Waals surface area contributed by atoms with E-state index in [0.717, 1.165) is 41.1 Å². The van der Waals surface area contributed by atoms with Crippen molar-refractivity contribution in [3.63, 3.8) is 0 Å². The zero-order chi connectivity index (χ0) is 17.1. The molecule has 0 aliphatic rings. The Bertz CT molecular complexity index is 989. The van der Waals surface area contributed by atoms with Gasteiger partial charge in [0.15, 0.2) is 0 Å². The van der Waals surface area contributed by atoms with Gasteiger partial charge in [-0.05, 0) is 23.8 Å². The molecule has 0 amide bonds. The Balaban J connectivity index is 1.79. The van der Waals surface area contributed by atoms with E-state index in [1.807, 2.05) is 30.3 Å². The SMILES string of the molecule is COc1ccccc1Cn1c(Cc2ccccc2)nc2ccccc21. The number of hydrogen-bond donors (Lipinski definition) is 0. The van der Waals surface area contributed by atoms with Crippen LogP contribution in [0.15, 0.2) is 78.9 Å². The highest BCUT2D eigenvalue weighted by atomic mass is 16.5. The van der Waals surface area contributed by atoms with E-state index >= 15 is 0 Å². The fourth-order valence-electron chi connectivity index (χ4n) is 3.22. The molecule has 0 unspecified atom stereocenters. The minimum absolute atomic E-state index is 0.743. The van der Waals surface area contributed by atoms with Gasteiger partial charge in [0.05, 0.1) is 24.7 Å². The highest BCUT2D eigenvalue weighted by Gasteiger charge is 2.13. The molecule has 0 atom stereocenters. The van der Waals surface area contributed by atoms with Gasteiger partial charge in [-0.3, -0.25) is 0 Å². The number of hydrogen-bond acceptors (Lipinski definition) is 2. The normalized spacial score (nSPS) is 10.9. The zero-order valence-corrected chi connectivity index (χ0v) is 14.2. The van der Waals surface area contributed by atoms with E-state index in [4.69, 9.17) is 9.72 Å². The predicted molar refractivity (Wildman–Crippen MR) is 101 cm³/mol. The molecule has 124 valence electrons. The van der Waals surface area contributed by atoms with Crippen LogP contribution in [-0.2, 0) is 13.0 Å². The second-order valence-corrected chi connectivity index (χ2v) is 6.08. The smallest absolute Gasteiger partial charge is 0.123 e. The van der Waals surface area contributed by atoms with E-state index in [1.165, 1.54) is 5.56 Å². The van der Waals surface area contributed by atoms with Crippen LogP contribution in [0, 0.1) is 0 Å². The maximum absolute atomic E-state index is 5.53. The van der Waals surface area contributed by atoms with E-state index in [2.05, 4.69) is 53.1 Å². The molecule has 0 fully saturated rings. The van der Waals surface area contributed by atoms with Crippen molar-refractivity contribution < 1.29 is 4.74 Å². The van der Waals surface area contributed by atoms with Gasteiger partial charge in [0.25, 0.3) is 0 Å². The third kappa shape index (κ3) is 3.13. The van der Waals surface area contributed by atoms with Crippen LogP contribution < -0.4 is 4.74 Å². The average Bonchev–Trinajstić information content (AvgIpc) is 3.00. The van der Waals surface area contributed by atoms with Crippen molar-refractivity contribution in [1.29, 1.82) is 0 Å². The molecule has 0 radical (unpaired) electrons. The van der Waals surface area contributed by atoms with Crippen molar-refractivity contribution in [3.05, 3.63) is 95.8 Å². The number of para-hydroxylation sites is 3. The standard InChI is InChI=1S/C22H20N2O/c1-25-21-14-8-5-11-18(21)16-24-20-13-7-6-12-19(20)23-22(24)15-17-9-3-2-4-10-17/h2-14H,15-16H2,1H3. The molecule has 0 spiro atoms. The number of imidazole rings is 1. The number of nitrogens with zero attached hydrogens (tertiary/aromatic N) is 2. The number of fused-ring (bicyclic) bond motifs is 1. The maximum Gasteiger partial charge on any atom is 0.123 e. The molecule has 1 aromatic heterocycles. The summed E-state index contributed by atoms with van der Waals surface area (Å²) >= 11 is 0. The third-order valence-electron chi connectivity index (χ3n) is 4.46. The minimum Gasteiger partial charge on any atom is -0.496 e. The molecular weight excluding hydrogens is 308 g/mol.